The molecule has 0 fully saturated rings. The molecule has 1 heterocycles. The van der Waals surface area contributed by atoms with E-state index in [1.165, 1.54) is 18.4 Å². The summed E-state index contributed by atoms with van der Waals surface area (Å²) in [6.45, 7) is -0.606. The minimum absolute atomic E-state index is 0.196. The fraction of sp³-hybridized carbons (Fsp3) is 0.375. The fourth-order valence-electron chi connectivity index (χ4n) is 2.86. The van der Waals surface area contributed by atoms with Gasteiger partial charge in [0, 0.05) is 22.9 Å². The molecule has 7 nitrogen and oxygen atoms in total. The number of rotatable bonds is 6. The third-order valence-corrected chi connectivity index (χ3v) is 6.33. The quantitative estimate of drug-likeness (QED) is 0.755. The van der Waals surface area contributed by atoms with Gasteiger partial charge in [0.05, 0.1) is 5.69 Å². The van der Waals surface area contributed by atoms with Gasteiger partial charge in [-0.2, -0.15) is 13.1 Å². The van der Waals surface area contributed by atoms with Crippen LogP contribution in [0, 0.1) is 0 Å². The number of anilines is 1. The lowest BCUT2D eigenvalue weighted by atomic mass is 9.86. The summed E-state index contributed by atoms with van der Waals surface area (Å²) in [6.07, 6.45) is 2.85. The number of hydrogen-bond acceptors (Lipinski definition) is 6. The highest BCUT2D eigenvalue weighted by Gasteiger charge is 2.26. The smallest absolute Gasteiger partial charge is 0.300 e. The Kier molecular flexibility index (Phi) is 5.93. The predicted molar refractivity (Wildman–Crippen MR) is 101 cm³/mol. The van der Waals surface area contributed by atoms with Gasteiger partial charge in [-0.3, -0.25) is 10.1 Å². The molecule has 1 atom stereocenters. The van der Waals surface area contributed by atoms with Crippen LogP contribution < -0.4 is 10.0 Å². The van der Waals surface area contributed by atoms with Crippen molar-refractivity contribution in [1.82, 2.24) is 9.71 Å². The van der Waals surface area contributed by atoms with E-state index >= 15 is 0 Å². The first kappa shape index (κ1) is 19.2. The van der Waals surface area contributed by atoms with Crippen LogP contribution in [0.1, 0.15) is 34.9 Å². The van der Waals surface area contributed by atoms with Gasteiger partial charge in [-0.25, -0.2) is 9.17 Å². The van der Waals surface area contributed by atoms with E-state index < -0.39 is 22.8 Å². The largest absolute Gasteiger partial charge is 0.336 e. The number of nitrogens with zero attached hydrogens (tertiary/aromatic N) is 1. The van der Waals surface area contributed by atoms with Gasteiger partial charge in [0.2, 0.25) is 0 Å². The standard InChI is InChI=1S/C16H18ClN3O4S2/c1-18-26(22,23)24-9-14(21)20-16-19-13-7-3-6-12(15(13)25-16)10-4-2-5-11(17)8-10/h2,4-5,8,12,18H,3,6-7,9H2,1H3,(H,19,20,21). The second-order valence-corrected chi connectivity index (χ2v) is 8.82. The summed E-state index contributed by atoms with van der Waals surface area (Å²) >= 11 is 7.52. The van der Waals surface area contributed by atoms with Crippen LogP contribution in [-0.2, 0) is 25.7 Å². The predicted octanol–water partition coefficient (Wildman–Crippen LogP) is 2.68. The van der Waals surface area contributed by atoms with Crippen LogP contribution in [0.5, 0.6) is 0 Å². The van der Waals surface area contributed by atoms with Crippen molar-refractivity contribution in [2.24, 2.45) is 0 Å². The summed E-state index contributed by atoms with van der Waals surface area (Å²) in [5.41, 5.74) is 2.09. The van der Waals surface area contributed by atoms with Crippen LogP contribution in [0.4, 0.5) is 5.13 Å². The molecule has 26 heavy (non-hydrogen) atoms. The molecule has 10 heteroatoms. The highest BCUT2D eigenvalue weighted by atomic mass is 35.5. The number of halogens is 1. The molecule has 1 aliphatic carbocycles. The van der Waals surface area contributed by atoms with Crippen molar-refractivity contribution in [3.63, 3.8) is 0 Å². The van der Waals surface area contributed by atoms with Gasteiger partial charge in [0.1, 0.15) is 6.61 Å². The number of hydrogen-bond donors (Lipinski definition) is 2. The van der Waals surface area contributed by atoms with E-state index in [9.17, 15) is 13.2 Å². The lowest BCUT2D eigenvalue weighted by Crippen LogP contribution is -2.27. The van der Waals surface area contributed by atoms with Gasteiger partial charge < -0.3 is 0 Å². The van der Waals surface area contributed by atoms with Crippen LogP contribution in [0.2, 0.25) is 5.02 Å². The number of carbonyl (C=O) groups excluding carboxylic acids is 1. The summed E-state index contributed by atoms with van der Waals surface area (Å²) in [5.74, 6) is -0.379. The molecule has 0 spiro atoms. The second-order valence-electron chi connectivity index (χ2n) is 5.80. The summed E-state index contributed by atoms with van der Waals surface area (Å²) in [6, 6.07) is 7.76. The van der Waals surface area contributed by atoms with Gasteiger partial charge in [-0.05, 0) is 37.0 Å². The Hall–Kier alpha value is -1.52. The van der Waals surface area contributed by atoms with Crippen molar-refractivity contribution in [3.8, 4) is 0 Å². The van der Waals surface area contributed by atoms with E-state index in [1.807, 2.05) is 29.0 Å². The zero-order valence-electron chi connectivity index (χ0n) is 14.0. The molecule has 1 aliphatic rings. The SMILES string of the molecule is CNS(=O)(=O)OCC(=O)Nc1nc2c(s1)C(c1cccc(Cl)c1)CCC2. The number of aryl methyl sites for hydroxylation is 1. The van der Waals surface area contributed by atoms with Gasteiger partial charge >= 0.3 is 10.3 Å². The zero-order chi connectivity index (χ0) is 18.7. The van der Waals surface area contributed by atoms with Crippen LogP contribution in [0.15, 0.2) is 24.3 Å². The van der Waals surface area contributed by atoms with E-state index in [0.29, 0.717) is 10.2 Å². The van der Waals surface area contributed by atoms with Gasteiger partial charge in [0.15, 0.2) is 5.13 Å². The van der Waals surface area contributed by atoms with E-state index in [2.05, 4.69) is 14.5 Å². The number of fused-ring (bicyclic) bond motifs is 1. The maximum absolute atomic E-state index is 11.9. The van der Waals surface area contributed by atoms with Crippen LogP contribution in [-0.4, -0.2) is 33.0 Å². The third-order valence-electron chi connectivity index (χ3n) is 4.04. The molecule has 2 N–H and O–H groups in total. The monoisotopic (exact) mass is 415 g/mol. The number of thiazole rings is 1. The van der Waals surface area contributed by atoms with Crippen LogP contribution in [0.25, 0.3) is 0 Å². The Morgan fingerprint density at radius 1 is 1.46 bits per heavy atom. The van der Waals surface area contributed by atoms with Crippen molar-refractivity contribution < 1.29 is 17.4 Å². The molecule has 0 saturated carbocycles. The molecule has 0 radical (unpaired) electrons. The van der Waals surface area contributed by atoms with Gasteiger partial charge in [-0.1, -0.05) is 23.7 Å². The Morgan fingerprint density at radius 2 is 2.27 bits per heavy atom. The number of aromatic nitrogens is 1. The van der Waals surface area contributed by atoms with E-state index in [1.54, 1.807) is 0 Å². The first-order valence-corrected chi connectivity index (χ1v) is 10.6. The molecule has 2 aromatic rings. The number of nitrogens with one attached hydrogen (secondary N) is 2. The number of amides is 1. The first-order chi connectivity index (χ1) is 12.4. The van der Waals surface area contributed by atoms with Gasteiger partial charge in [-0.15, -0.1) is 11.3 Å². The molecule has 0 aliphatic heterocycles. The Labute approximate surface area is 161 Å². The van der Waals surface area contributed by atoms with Crippen molar-refractivity contribution in [2.75, 3.05) is 19.0 Å². The minimum atomic E-state index is -3.90. The Morgan fingerprint density at radius 3 is 3.00 bits per heavy atom. The van der Waals surface area contributed by atoms with Crippen LogP contribution >= 0.6 is 22.9 Å². The second kappa shape index (κ2) is 8.01. The average Bonchev–Trinajstić information content (AvgIpc) is 3.02. The summed E-state index contributed by atoms with van der Waals surface area (Å²) in [4.78, 5) is 17.5. The average molecular weight is 416 g/mol. The lowest BCUT2D eigenvalue weighted by molar-refractivity contribution is -0.118. The molecule has 1 unspecified atom stereocenters. The molecular formula is C16H18ClN3O4S2. The van der Waals surface area contributed by atoms with Crippen molar-refractivity contribution in [1.29, 1.82) is 0 Å². The summed E-state index contributed by atoms with van der Waals surface area (Å²) in [5, 5.41) is 3.74. The van der Waals surface area contributed by atoms with Crippen molar-refractivity contribution in [3.05, 3.63) is 45.4 Å². The first-order valence-electron chi connectivity index (χ1n) is 8.01. The maximum Gasteiger partial charge on any atom is 0.336 e. The van der Waals surface area contributed by atoms with E-state index in [0.717, 1.165) is 35.4 Å². The molecule has 1 aromatic carbocycles. The summed E-state index contributed by atoms with van der Waals surface area (Å²) < 4.78 is 28.9. The highest BCUT2D eigenvalue weighted by molar-refractivity contribution is 7.84. The molecule has 1 aromatic heterocycles. The topological polar surface area (TPSA) is 97.4 Å². The number of carbonyl (C=O) groups is 1. The highest BCUT2D eigenvalue weighted by Crippen LogP contribution is 2.41. The minimum Gasteiger partial charge on any atom is -0.300 e. The van der Waals surface area contributed by atoms with E-state index in [4.69, 9.17) is 11.6 Å². The molecular weight excluding hydrogens is 398 g/mol. The van der Waals surface area contributed by atoms with Crippen molar-refractivity contribution in [2.45, 2.75) is 25.2 Å². The van der Waals surface area contributed by atoms with Crippen molar-refractivity contribution >= 4 is 44.3 Å². The Bertz CT molecular complexity index is 914. The molecule has 140 valence electrons. The van der Waals surface area contributed by atoms with Gasteiger partial charge in [0.25, 0.3) is 5.91 Å². The normalized spacial score (nSPS) is 16.9. The summed E-state index contributed by atoms with van der Waals surface area (Å²) in [7, 11) is -2.69. The zero-order valence-corrected chi connectivity index (χ0v) is 16.4. The molecule has 3 rings (SSSR count). The molecule has 0 bridgehead atoms. The third kappa shape index (κ3) is 4.60. The molecule has 0 saturated heterocycles. The maximum atomic E-state index is 11.9. The lowest BCUT2D eigenvalue weighted by Gasteiger charge is -2.21. The van der Waals surface area contributed by atoms with Crippen LogP contribution in [0.3, 0.4) is 0 Å². The fourth-order valence-corrected chi connectivity index (χ4v) is 4.63. The number of benzene rings is 1. The molecule has 1 amide bonds. The Balaban J connectivity index is 1.74. The van der Waals surface area contributed by atoms with E-state index in [-0.39, 0.29) is 5.92 Å².